The molecule has 21 heavy (non-hydrogen) atoms. The highest BCUT2D eigenvalue weighted by Crippen LogP contribution is 2.18. The molecule has 1 rings (SSSR count). The average molecular weight is 299 g/mol. The van der Waals surface area contributed by atoms with E-state index in [9.17, 15) is 9.90 Å². The highest BCUT2D eigenvalue weighted by molar-refractivity contribution is 5.78. The summed E-state index contributed by atoms with van der Waals surface area (Å²) in [6.07, 6.45) is 3.46. The summed E-state index contributed by atoms with van der Waals surface area (Å²) in [6.45, 7) is 12.0. The Morgan fingerprint density at radius 3 is 2.33 bits per heavy atom. The summed E-state index contributed by atoms with van der Waals surface area (Å²) in [5, 5.41) is 12.4. The zero-order chi connectivity index (χ0) is 15.9. The van der Waals surface area contributed by atoms with E-state index in [-0.39, 0.29) is 0 Å². The summed E-state index contributed by atoms with van der Waals surface area (Å²) in [4.78, 5) is 16.5. The first-order chi connectivity index (χ1) is 9.99. The summed E-state index contributed by atoms with van der Waals surface area (Å²) in [7, 11) is 1.75. The fourth-order valence-electron chi connectivity index (χ4n) is 3.13. The van der Waals surface area contributed by atoms with Crippen LogP contribution in [-0.2, 0) is 4.79 Å². The van der Waals surface area contributed by atoms with E-state index in [1.165, 1.54) is 6.42 Å². The molecule has 1 aliphatic heterocycles. The summed E-state index contributed by atoms with van der Waals surface area (Å²) >= 11 is 0. The van der Waals surface area contributed by atoms with Gasteiger partial charge in [0.05, 0.1) is 0 Å². The maximum Gasteiger partial charge on any atom is 0.323 e. The molecule has 1 fully saturated rings. The summed E-state index contributed by atoms with van der Waals surface area (Å²) < 4.78 is 0. The van der Waals surface area contributed by atoms with Gasteiger partial charge in [-0.1, -0.05) is 13.8 Å². The van der Waals surface area contributed by atoms with Crippen LogP contribution in [0, 0.1) is 0 Å². The highest BCUT2D eigenvalue weighted by Gasteiger charge is 2.34. The third-order valence-corrected chi connectivity index (χ3v) is 5.19. The van der Waals surface area contributed by atoms with E-state index in [1.54, 1.807) is 7.05 Å². The van der Waals surface area contributed by atoms with Gasteiger partial charge < -0.3 is 15.3 Å². The molecule has 0 aromatic heterocycles. The SMILES string of the molecule is CCC(C)N1CCN(CCCC(CC)(NC)C(=O)O)CC1. The maximum absolute atomic E-state index is 11.4. The number of rotatable bonds is 9. The van der Waals surface area contributed by atoms with Crippen LogP contribution in [0.4, 0.5) is 0 Å². The first-order valence-electron chi connectivity index (χ1n) is 8.37. The van der Waals surface area contributed by atoms with Gasteiger partial charge in [0.15, 0.2) is 0 Å². The lowest BCUT2D eigenvalue weighted by molar-refractivity contribution is -0.145. The van der Waals surface area contributed by atoms with Crippen LogP contribution in [0.25, 0.3) is 0 Å². The Bertz CT molecular complexity index is 311. The minimum atomic E-state index is -0.751. The van der Waals surface area contributed by atoms with Crippen molar-refractivity contribution >= 4 is 5.97 Å². The summed E-state index contributed by atoms with van der Waals surface area (Å²) in [5.41, 5.74) is -0.751. The van der Waals surface area contributed by atoms with Gasteiger partial charge in [-0.05, 0) is 46.2 Å². The molecule has 5 nitrogen and oxygen atoms in total. The first-order valence-corrected chi connectivity index (χ1v) is 8.37. The first kappa shape index (κ1) is 18.4. The number of aliphatic carboxylic acids is 1. The van der Waals surface area contributed by atoms with E-state index >= 15 is 0 Å². The molecule has 1 saturated heterocycles. The molecule has 0 amide bonds. The normalized spacial score (nSPS) is 21.9. The Morgan fingerprint density at radius 2 is 1.90 bits per heavy atom. The Hall–Kier alpha value is -0.650. The van der Waals surface area contributed by atoms with Crippen LogP contribution in [0.3, 0.4) is 0 Å². The maximum atomic E-state index is 11.4. The van der Waals surface area contributed by atoms with Gasteiger partial charge in [-0.25, -0.2) is 0 Å². The largest absolute Gasteiger partial charge is 0.480 e. The third kappa shape index (κ3) is 4.94. The second kappa shape index (κ2) is 8.71. The number of carboxylic acids is 1. The van der Waals surface area contributed by atoms with Crippen LogP contribution in [0.15, 0.2) is 0 Å². The van der Waals surface area contributed by atoms with Crippen molar-refractivity contribution in [1.29, 1.82) is 0 Å². The smallest absolute Gasteiger partial charge is 0.323 e. The standard InChI is InChI=1S/C16H33N3O2/c1-5-14(3)19-12-10-18(11-13-19)9-7-8-16(6-2,17-4)15(20)21/h14,17H,5-13H2,1-4H3,(H,20,21). The van der Waals surface area contributed by atoms with Crippen molar-refractivity contribution in [3.8, 4) is 0 Å². The second-order valence-corrected chi connectivity index (χ2v) is 6.23. The van der Waals surface area contributed by atoms with Crippen molar-refractivity contribution in [2.45, 2.75) is 58.0 Å². The molecule has 2 atom stereocenters. The average Bonchev–Trinajstić information content (AvgIpc) is 2.51. The Labute approximate surface area is 129 Å². The van der Waals surface area contributed by atoms with Crippen molar-refractivity contribution in [3.05, 3.63) is 0 Å². The number of hydrogen-bond acceptors (Lipinski definition) is 4. The van der Waals surface area contributed by atoms with Crippen molar-refractivity contribution in [2.24, 2.45) is 0 Å². The van der Waals surface area contributed by atoms with E-state index in [4.69, 9.17) is 0 Å². The molecule has 1 heterocycles. The van der Waals surface area contributed by atoms with E-state index < -0.39 is 11.5 Å². The number of nitrogens with one attached hydrogen (secondary N) is 1. The molecule has 0 spiro atoms. The van der Waals surface area contributed by atoms with E-state index in [0.29, 0.717) is 18.9 Å². The molecule has 1 aliphatic rings. The van der Waals surface area contributed by atoms with Gasteiger partial charge in [0.25, 0.3) is 0 Å². The minimum absolute atomic E-state index is 0.626. The fourth-order valence-corrected chi connectivity index (χ4v) is 3.13. The lowest BCUT2D eigenvalue weighted by Gasteiger charge is -2.38. The number of nitrogens with zero attached hydrogens (tertiary/aromatic N) is 2. The molecule has 0 radical (unpaired) electrons. The molecule has 0 aromatic rings. The summed E-state index contributed by atoms with van der Waals surface area (Å²) in [6, 6.07) is 0.677. The topological polar surface area (TPSA) is 55.8 Å². The van der Waals surface area contributed by atoms with Gasteiger partial charge in [0.1, 0.15) is 5.54 Å². The van der Waals surface area contributed by atoms with Crippen molar-refractivity contribution in [1.82, 2.24) is 15.1 Å². The van der Waals surface area contributed by atoms with E-state index in [2.05, 4.69) is 29.0 Å². The molecular formula is C16H33N3O2. The number of carbonyl (C=O) groups is 1. The monoisotopic (exact) mass is 299 g/mol. The van der Waals surface area contributed by atoms with Crippen LogP contribution in [0.2, 0.25) is 0 Å². The zero-order valence-electron chi connectivity index (χ0n) is 14.2. The number of hydrogen-bond donors (Lipinski definition) is 2. The fraction of sp³-hybridized carbons (Fsp3) is 0.938. The Morgan fingerprint density at radius 1 is 1.29 bits per heavy atom. The van der Waals surface area contributed by atoms with Crippen LogP contribution < -0.4 is 5.32 Å². The van der Waals surface area contributed by atoms with Crippen LogP contribution >= 0.6 is 0 Å². The zero-order valence-corrected chi connectivity index (χ0v) is 14.2. The number of carboxylic acid groups (broad SMARTS) is 1. The van der Waals surface area contributed by atoms with Crippen LogP contribution in [-0.4, -0.2) is 72.2 Å². The van der Waals surface area contributed by atoms with Crippen LogP contribution in [0.1, 0.15) is 46.5 Å². The molecule has 0 bridgehead atoms. The van der Waals surface area contributed by atoms with Crippen molar-refractivity contribution < 1.29 is 9.90 Å². The molecular weight excluding hydrogens is 266 g/mol. The summed E-state index contributed by atoms with van der Waals surface area (Å²) in [5.74, 6) is -0.728. The molecule has 0 aliphatic carbocycles. The van der Waals surface area contributed by atoms with Gasteiger partial charge in [-0.15, -0.1) is 0 Å². The molecule has 0 aromatic carbocycles. The van der Waals surface area contributed by atoms with Crippen molar-refractivity contribution in [2.75, 3.05) is 39.8 Å². The lowest BCUT2D eigenvalue weighted by atomic mass is 9.90. The van der Waals surface area contributed by atoms with Gasteiger partial charge >= 0.3 is 5.97 Å². The molecule has 2 N–H and O–H groups in total. The molecule has 2 unspecified atom stereocenters. The predicted octanol–water partition coefficient (Wildman–Crippen LogP) is 1.64. The minimum Gasteiger partial charge on any atom is -0.480 e. The van der Waals surface area contributed by atoms with Gasteiger partial charge in [0, 0.05) is 32.2 Å². The quantitative estimate of drug-likeness (QED) is 0.678. The Balaban J connectivity index is 2.32. The molecule has 5 heteroatoms. The van der Waals surface area contributed by atoms with E-state index in [1.807, 2.05) is 6.92 Å². The van der Waals surface area contributed by atoms with Gasteiger partial charge in [-0.3, -0.25) is 9.69 Å². The number of piperazine rings is 1. The predicted molar refractivity (Wildman–Crippen MR) is 86.7 cm³/mol. The third-order valence-electron chi connectivity index (χ3n) is 5.19. The van der Waals surface area contributed by atoms with Crippen LogP contribution in [0.5, 0.6) is 0 Å². The second-order valence-electron chi connectivity index (χ2n) is 6.23. The van der Waals surface area contributed by atoms with E-state index in [0.717, 1.165) is 39.1 Å². The highest BCUT2D eigenvalue weighted by atomic mass is 16.4. The Kier molecular flexibility index (Phi) is 7.63. The molecule has 0 saturated carbocycles. The number of likely N-dealkylation sites (N-methyl/N-ethyl adjacent to an activating group) is 1. The van der Waals surface area contributed by atoms with Gasteiger partial charge in [-0.2, -0.15) is 0 Å². The lowest BCUT2D eigenvalue weighted by Crippen LogP contribution is -2.51. The van der Waals surface area contributed by atoms with Crippen molar-refractivity contribution in [3.63, 3.8) is 0 Å². The van der Waals surface area contributed by atoms with Gasteiger partial charge in [0.2, 0.25) is 0 Å². The molecule has 124 valence electrons.